The molecule has 154 valence electrons. The average Bonchev–Trinajstić information content (AvgIpc) is 3.31. The Kier molecular flexibility index (Phi) is 14.5. The topological polar surface area (TPSA) is 0 Å². The van der Waals surface area contributed by atoms with Crippen molar-refractivity contribution in [3.63, 3.8) is 0 Å². The van der Waals surface area contributed by atoms with Gasteiger partial charge in [0, 0.05) is 0 Å². The van der Waals surface area contributed by atoms with Crippen molar-refractivity contribution in [1.29, 1.82) is 0 Å². The van der Waals surface area contributed by atoms with Crippen LogP contribution in [-0.4, -0.2) is 6.16 Å². The van der Waals surface area contributed by atoms with Gasteiger partial charge in [0.25, 0.3) is 0 Å². The molecule has 0 saturated heterocycles. The minimum atomic E-state index is -0.256. The molecule has 4 rings (SSSR count). The van der Waals surface area contributed by atoms with Crippen LogP contribution in [0.5, 0.6) is 0 Å². The first-order valence-electron chi connectivity index (χ1n) is 9.74. The van der Waals surface area contributed by atoms with E-state index >= 15 is 0 Å². The molecule has 30 heavy (non-hydrogen) atoms. The van der Waals surface area contributed by atoms with Gasteiger partial charge in [0.1, 0.15) is 0 Å². The molecule has 0 bridgehead atoms. The zero-order valence-corrected chi connectivity index (χ0v) is 20.7. The maximum absolute atomic E-state index is 4.83. The summed E-state index contributed by atoms with van der Waals surface area (Å²) in [6.07, 6.45) is 21.3. The van der Waals surface area contributed by atoms with E-state index in [1.165, 1.54) is 28.6 Å². The van der Waals surface area contributed by atoms with Gasteiger partial charge in [0.2, 0.25) is 0 Å². The van der Waals surface area contributed by atoms with Crippen molar-refractivity contribution < 1.29 is 13.4 Å². The van der Waals surface area contributed by atoms with Gasteiger partial charge in [-0.15, -0.1) is 0 Å². The molecule has 0 atom stereocenters. The first kappa shape index (κ1) is 26.2. The molecule has 2 aliphatic rings. The van der Waals surface area contributed by atoms with Crippen LogP contribution < -0.4 is 10.6 Å². The third kappa shape index (κ3) is 10.5. The van der Waals surface area contributed by atoms with Crippen LogP contribution in [0.3, 0.4) is 0 Å². The van der Waals surface area contributed by atoms with E-state index in [4.69, 9.17) is 20.1 Å². The Morgan fingerprint density at radius 2 is 1.10 bits per heavy atom. The predicted octanol–water partition coefficient (Wildman–Crippen LogP) is 6.91. The molecule has 0 spiro atoms. The summed E-state index contributed by atoms with van der Waals surface area (Å²) in [7, 11) is 9.40. The van der Waals surface area contributed by atoms with Gasteiger partial charge >= 0.3 is 33.5 Å². The van der Waals surface area contributed by atoms with Gasteiger partial charge in [-0.2, -0.15) is 0 Å². The molecule has 2 aromatic rings. The second-order valence-electron chi connectivity index (χ2n) is 6.58. The predicted molar refractivity (Wildman–Crippen MR) is 131 cm³/mol. The molecular weight excluding hydrogens is 466 g/mol. The standard InChI is InChI=1S/C19H18P.C7H8.2ClH.Cr/c1-3-11-18(12-4-1)20(19-13-5-2-6-14-19)16-15-17-9-7-8-10-17;1-7-5-3-2-4-6-7;;;/h1-14H,15-16H2;2-6H,1H3;2*1H;/q;;;;+3/p-2. The Balaban J connectivity index is 0.000000266. The second-order valence-corrected chi connectivity index (χ2v) is 11.0. The Labute approximate surface area is 201 Å². The van der Waals surface area contributed by atoms with Crippen LogP contribution in [0.25, 0.3) is 0 Å². The van der Waals surface area contributed by atoms with E-state index in [0.717, 1.165) is 6.42 Å². The van der Waals surface area contributed by atoms with Crippen LogP contribution in [0.1, 0.15) is 13.3 Å². The Bertz CT molecular complexity index is 601. The fraction of sp³-hybridized carbons (Fsp3) is 0.115. The van der Waals surface area contributed by atoms with Crippen molar-refractivity contribution in [2.75, 3.05) is 6.16 Å². The third-order valence-electron chi connectivity index (χ3n) is 4.43. The number of hydrogen-bond donors (Lipinski definition) is 0. The van der Waals surface area contributed by atoms with E-state index in [0.29, 0.717) is 0 Å². The number of hydrogen-bond acceptors (Lipinski definition) is 0. The Morgan fingerprint density at radius 3 is 1.50 bits per heavy atom. The Hall–Kier alpha value is -0.0175. The molecule has 11 radical (unpaired) electrons. The molecule has 0 nitrogen and oxygen atoms in total. The van der Waals surface area contributed by atoms with Gasteiger partial charge in [-0.3, -0.25) is 0 Å². The molecule has 2 aromatic carbocycles. The summed E-state index contributed by atoms with van der Waals surface area (Å²) in [5, 5.41) is 2.94. The van der Waals surface area contributed by atoms with Gasteiger partial charge in [0.05, 0.1) is 0 Å². The van der Waals surface area contributed by atoms with Gasteiger partial charge in [-0.1, -0.05) is 67.6 Å². The van der Waals surface area contributed by atoms with Crippen LogP contribution >= 0.6 is 28.0 Å². The van der Waals surface area contributed by atoms with Gasteiger partial charge in [-0.05, 0) is 101 Å². The van der Waals surface area contributed by atoms with E-state index in [-0.39, 0.29) is 21.3 Å². The number of rotatable bonds is 5. The summed E-state index contributed by atoms with van der Waals surface area (Å²) in [6.45, 7) is 2.08. The van der Waals surface area contributed by atoms with E-state index in [1.54, 1.807) is 0 Å². The molecule has 0 N–H and O–H groups in total. The molecule has 2 saturated carbocycles. The van der Waals surface area contributed by atoms with Crippen molar-refractivity contribution in [3.8, 4) is 0 Å². The van der Waals surface area contributed by atoms with Crippen molar-refractivity contribution >= 4 is 38.6 Å². The molecule has 0 amide bonds. The Morgan fingerprint density at radius 1 is 0.667 bits per heavy atom. The first-order valence-corrected chi connectivity index (χ1v) is 14.8. The second kappa shape index (κ2) is 16.6. The summed E-state index contributed by atoms with van der Waals surface area (Å²) >= 11 is -0.181. The van der Waals surface area contributed by atoms with E-state index < -0.39 is 0 Å². The summed E-state index contributed by atoms with van der Waals surface area (Å²) in [5.41, 5.74) is 0. The van der Waals surface area contributed by atoms with Gasteiger partial charge in [0.15, 0.2) is 0 Å². The number of benzene rings is 2. The molecule has 0 aliphatic heterocycles. The van der Waals surface area contributed by atoms with Gasteiger partial charge in [-0.25, -0.2) is 0 Å². The summed E-state index contributed by atoms with van der Waals surface area (Å²) in [6, 6.07) is 21.9. The molecule has 0 aromatic heterocycles. The summed E-state index contributed by atoms with van der Waals surface area (Å²) in [4.78, 5) is 0. The van der Waals surface area contributed by atoms with Crippen LogP contribution in [0.4, 0.5) is 0 Å². The first-order chi connectivity index (χ1) is 14.7. The van der Waals surface area contributed by atoms with E-state index in [1.807, 2.05) is 19.3 Å². The van der Waals surface area contributed by atoms with E-state index in [2.05, 4.69) is 106 Å². The zero-order valence-electron chi connectivity index (χ0n) is 17.0. The fourth-order valence-corrected chi connectivity index (χ4v) is 5.34. The average molecular weight is 492 g/mol. The molecule has 2 fully saturated rings. The van der Waals surface area contributed by atoms with Crippen molar-refractivity contribution in [3.05, 3.63) is 130 Å². The fourth-order valence-electron chi connectivity index (χ4n) is 2.98. The number of halogens is 2. The molecular formula is C26H26Cl2CrP+. The minimum absolute atomic E-state index is 0.181. The third-order valence-corrected chi connectivity index (χ3v) is 6.95. The monoisotopic (exact) mass is 491 g/mol. The summed E-state index contributed by atoms with van der Waals surface area (Å²) in [5.74, 6) is 2.77. The van der Waals surface area contributed by atoms with Crippen LogP contribution in [-0.2, 0) is 13.4 Å². The van der Waals surface area contributed by atoms with Gasteiger partial charge < -0.3 is 0 Å². The van der Waals surface area contributed by atoms with Crippen molar-refractivity contribution in [2.24, 2.45) is 0 Å². The van der Waals surface area contributed by atoms with Crippen LogP contribution in [0.2, 0.25) is 0 Å². The molecule has 0 heterocycles. The van der Waals surface area contributed by atoms with E-state index in [9.17, 15) is 0 Å². The molecule has 2 aliphatic carbocycles. The molecule has 4 heteroatoms. The van der Waals surface area contributed by atoms with Crippen molar-refractivity contribution in [1.82, 2.24) is 0 Å². The molecule has 0 unspecified atom stereocenters. The maximum atomic E-state index is 4.83. The quantitative estimate of drug-likeness (QED) is 0.398. The van der Waals surface area contributed by atoms with Crippen LogP contribution in [0, 0.1) is 69.6 Å². The zero-order chi connectivity index (χ0) is 21.4. The van der Waals surface area contributed by atoms with Crippen LogP contribution in [0.15, 0.2) is 60.7 Å². The SMILES string of the molecule is C[C]1[CH][CH][CH][CH][CH]1.[CH]1[CH][CH][C](CCP(c2ccccc2)c2ccccc2)[CH]1.[Cl][Cr+][Cl]. The van der Waals surface area contributed by atoms with Crippen molar-refractivity contribution in [2.45, 2.75) is 13.3 Å². The summed E-state index contributed by atoms with van der Waals surface area (Å²) < 4.78 is 0. The normalized spacial score (nSPS) is 16.9.